The molecule has 1 aromatic heterocycles. The predicted molar refractivity (Wildman–Crippen MR) is 115 cm³/mol. The van der Waals surface area contributed by atoms with Crippen molar-refractivity contribution < 1.29 is 18.9 Å². The minimum absolute atomic E-state index is 0.0476. The quantitative estimate of drug-likeness (QED) is 0.278. The molecule has 0 saturated carbocycles. The summed E-state index contributed by atoms with van der Waals surface area (Å²) < 4.78 is 16.4. The van der Waals surface area contributed by atoms with Crippen molar-refractivity contribution >= 4 is 17.4 Å². The third kappa shape index (κ3) is 4.22. The van der Waals surface area contributed by atoms with E-state index in [0.717, 1.165) is 15.4 Å². The van der Waals surface area contributed by atoms with Gasteiger partial charge in [0.05, 0.1) is 30.3 Å². The molecule has 0 bridgehead atoms. The van der Waals surface area contributed by atoms with E-state index in [0.29, 0.717) is 28.8 Å². The fraction of sp³-hybridized carbons (Fsp3) is 0.0909. The lowest BCUT2D eigenvalue weighted by Gasteiger charge is -2.09. The summed E-state index contributed by atoms with van der Waals surface area (Å²) in [6.45, 7) is 0. The normalized spacial score (nSPS) is 10.6. The van der Waals surface area contributed by atoms with Crippen LogP contribution in [0.25, 0.3) is 22.8 Å². The van der Waals surface area contributed by atoms with Crippen LogP contribution in [-0.2, 0) is 0 Å². The maximum Gasteiger partial charge on any atom is 0.269 e. The maximum absolute atomic E-state index is 10.9. The Morgan fingerprint density at radius 1 is 0.935 bits per heavy atom. The molecule has 31 heavy (non-hydrogen) atoms. The average molecular weight is 435 g/mol. The number of methoxy groups -OCH3 is 2. The van der Waals surface area contributed by atoms with E-state index in [1.165, 1.54) is 23.9 Å². The summed E-state index contributed by atoms with van der Waals surface area (Å²) in [7, 11) is 3.12. The van der Waals surface area contributed by atoms with Crippen LogP contribution in [0, 0.1) is 10.1 Å². The third-order valence-corrected chi connectivity index (χ3v) is 5.55. The lowest BCUT2D eigenvalue weighted by atomic mass is 10.1. The lowest BCUT2D eigenvalue weighted by molar-refractivity contribution is -0.384. The van der Waals surface area contributed by atoms with Crippen molar-refractivity contribution in [2.75, 3.05) is 14.2 Å². The van der Waals surface area contributed by atoms with Gasteiger partial charge in [-0.2, -0.15) is 4.98 Å². The van der Waals surface area contributed by atoms with Crippen LogP contribution in [-0.4, -0.2) is 29.3 Å². The first-order chi connectivity index (χ1) is 15.1. The fourth-order valence-electron chi connectivity index (χ4n) is 3.00. The minimum Gasteiger partial charge on any atom is -0.493 e. The SMILES string of the molecule is COc1cccc(-c2noc(-c3ccccc3Sc3ccc([N+](=O)[O-])cc3)n2)c1OC. The van der Waals surface area contributed by atoms with Crippen LogP contribution in [0.5, 0.6) is 11.5 Å². The first kappa shape index (κ1) is 20.4. The van der Waals surface area contributed by atoms with E-state index in [2.05, 4.69) is 10.1 Å². The van der Waals surface area contributed by atoms with Gasteiger partial charge >= 0.3 is 0 Å². The van der Waals surface area contributed by atoms with Gasteiger partial charge in [0.25, 0.3) is 11.6 Å². The molecule has 4 aromatic rings. The lowest BCUT2D eigenvalue weighted by Crippen LogP contribution is -1.94. The van der Waals surface area contributed by atoms with E-state index in [-0.39, 0.29) is 5.69 Å². The van der Waals surface area contributed by atoms with Gasteiger partial charge in [0.2, 0.25) is 5.82 Å². The molecule has 0 aliphatic heterocycles. The van der Waals surface area contributed by atoms with Crippen molar-refractivity contribution in [2.45, 2.75) is 9.79 Å². The Balaban J connectivity index is 1.67. The van der Waals surface area contributed by atoms with Crippen LogP contribution in [0.4, 0.5) is 5.69 Å². The van der Waals surface area contributed by atoms with Crippen molar-refractivity contribution in [1.82, 2.24) is 10.1 Å². The zero-order chi connectivity index (χ0) is 21.8. The molecule has 0 fully saturated rings. The number of hydrogen-bond donors (Lipinski definition) is 0. The third-order valence-electron chi connectivity index (χ3n) is 4.46. The van der Waals surface area contributed by atoms with E-state index < -0.39 is 4.92 Å². The van der Waals surface area contributed by atoms with Gasteiger partial charge in [-0.15, -0.1) is 0 Å². The van der Waals surface area contributed by atoms with Crippen LogP contribution < -0.4 is 9.47 Å². The molecule has 1 heterocycles. The molecule has 0 aliphatic rings. The number of hydrogen-bond acceptors (Lipinski definition) is 8. The summed E-state index contributed by atoms with van der Waals surface area (Å²) in [4.78, 5) is 16.7. The Morgan fingerprint density at radius 2 is 1.68 bits per heavy atom. The molecule has 0 amide bonds. The van der Waals surface area contributed by atoms with Gasteiger partial charge in [0.15, 0.2) is 11.5 Å². The van der Waals surface area contributed by atoms with E-state index in [1.54, 1.807) is 32.4 Å². The highest BCUT2D eigenvalue weighted by molar-refractivity contribution is 7.99. The zero-order valence-electron chi connectivity index (χ0n) is 16.6. The van der Waals surface area contributed by atoms with Gasteiger partial charge in [-0.25, -0.2) is 0 Å². The Hall–Kier alpha value is -3.85. The number of ether oxygens (including phenoxy) is 2. The summed E-state index contributed by atoms with van der Waals surface area (Å²) in [5.41, 5.74) is 1.45. The van der Waals surface area contributed by atoms with Crippen molar-refractivity contribution in [1.29, 1.82) is 0 Å². The van der Waals surface area contributed by atoms with Crippen molar-refractivity contribution in [3.05, 3.63) is 76.8 Å². The number of nitrogens with zero attached hydrogens (tertiary/aromatic N) is 3. The second-order valence-corrected chi connectivity index (χ2v) is 7.43. The summed E-state index contributed by atoms with van der Waals surface area (Å²) in [6, 6.07) is 19.4. The summed E-state index contributed by atoms with van der Waals surface area (Å²) in [5, 5.41) is 15.0. The molecule has 8 nitrogen and oxygen atoms in total. The first-order valence-corrected chi connectivity index (χ1v) is 9.99. The largest absolute Gasteiger partial charge is 0.493 e. The van der Waals surface area contributed by atoms with Gasteiger partial charge in [-0.3, -0.25) is 10.1 Å². The molecule has 0 spiro atoms. The van der Waals surface area contributed by atoms with Gasteiger partial charge in [-0.05, 0) is 36.4 Å². The topological polar surface area (TPSA) is 101 Å². The number of para-hydroxylation sites is 1. The number of rotatable bonds is 7. The van der Waals surface area contributed by atoms with Crippen molar-refractivity contribution in [3.8, 4) is 34.3 Å². The van der Waals surface area contributed by atoms with Gasteiger partial charge in [0.1, 0.15) is 0 Å². The van der Waals surface area contributed by atoms with Crippen LogP contribution in [0.15, 0.2) is 81.0 Å². The number of nitro benzene ring substituents is 1. The second kappa shape index (κ2) is 8.88. The summed E-state index contributed by atoms with van der Waals surface area (Å²) >= 11 is 1.45. The molecule has 0 aliphatic carbocycles. The van der Waals surface area contributed by atoms with Crippen LogP contribution in [0.2, 0.25) is 0 Å². The van der Waals surface area contributed by atoms with E-state index in [9.17, 15) is 10.1 Å². The smallest absolute Gasteiger partial charge is 0.269 e. The molecule has 0 N–H and O–H groups in total. The number of benzene rings is 3. The fourth-order valence-corrected chi connectivity index (χ4v) is 3.94. The van der Waals surface area contributed by atoms with E-state index in [4.69, 9.17) is 14.0 Å². The van der Waals surface area contributed by atoms with Gasteiger partial charge in [0, 0.05) is 21.9 Å². The van der Waals surface area contributed by atoms with E-state index >= 15 is 0 Å². The van der Waals surface area contributed by atoms with Crippen molar-refractivity contribution in [3.63, 3.8) is 0 Å². The zero-order valence-corrected chi connectivity index (χ0v) is 17.5. The summed E-state index contributed by atoms with van der Waals surface area (Å²) in [5.74, 6) is 1.82. The molecule has 0 saturated heterocycles. The number of nitro groups is 1. The van der Waals surface area contributed by atoms with E-state index in [1.807, 2.05) is 36.4 Å². The van der Waals surface area contributed by atoms with Gasteiger partial charge in [-0.1, -0.05) is 35.1 Å². The molecular formula is C22H17N3O5S. The number of aromatic nitrogens is 2. The highest BCUT2D eigenvalue weighted by Crippen LogP contribution is 2.39. The standard InChI is InChI=1S/C22H17N3O5S/c1-28-18-8-5-7-17(20(18)29-2)21-23-22(30-24-21)16-6-3-4-9-19(16)31-15-12-10-14(11-13-15)25(26)27/h3-13H,1-2H3. The van der Waals surface area contributed by atoms with Gasteiger partial charge < -0.3 is 14.0 Å². The van der Waals surface area contributed by atoms with Crippen LogP contribution in [0.3, 0.4) is 0 Å². The second-order valence-electron chi connectivity index (χ2n) is 6.31. The first-order valence-electron chi connectivity index (χ1n) is 9.17. The molecule has 0 unspecified atom stereocenters. The van der Waals surface area contributed by atoms with Crippen LogP contribution in [0.1, 0.15) is 0 Å². The van der Waals surface area contributed by atoms with Crippen LogP contribution >= 0.6 is 11.8 Å². The molecule has 3 aromatic carbocycles. The van der Waals surface area contributed by atoms with Crippen molar-refractivity contribution in [2.24, 2.45) is 0 Å². The molecule has 4 rings (SSSR count). The maximum atomic E-state index is 10.9. The summed E-state index contributed by atoms with van der Waals surface area (Å²) in [6.07, 6.45) is 0. The molecule has 0 radical (unpaired) electrons. The Kier molecular flexibility index (Phi) is 5.85. The molecule has 156 valence electrons. The molecule has 9 heteroatoms. The Morgan fingerprint density at radius 3 is 2.39 bits per heavy atom. The predicted octanol–water partition coefficient (Wildman–Crippen LogP) is 5.48. The Bertz CT molecular complexity index is 1220. The molecular weight excluding hydrogens is 418 g/mol. The molecule has 0 atom stereocenters. The highest BCUT2D eigenvalue weighted by Gasteiger charge is 2.19. The Labute approximate surface area is 182 Å². The highest BCUT2D eigenvalue weighted by atomic mass is 32.2. The average Bonchev–Trinajstić information content (AvgIpc) is 3.29. The number of non-ortho nitro benzene ring substituents is 1. The minimum atomic E-state index is -0.421. The monoisotopic (exact) mass is 435 g/mol.